The van der Waals surface area contributed by atoms with Crippen LogP contribution in [0.1, 0.15) is 25.3 Å². The smallest absolute Gasteiger partial charge is 0.417 e. The van der Waals surface area contributed by atoms with Gasteiger partial charge in [0.25, 0.3) is 5.91 Å². The summed E-state index contributed by atoms with van der Waals surface area (Å²) < 4.78 is 80.3. The van der Waals surface area contributed by atoms with Crippen LogP contribution >= 0.6 is 15.9 Å². The summed E-state index contributed by atoms with van der Waals surface area (Å²) >= 11 is 3.14. The van der Waals surface area contributed by atoms with Crippen LogP contribution in [0.15, 0.2) is 35.1 Å². The molecular formula is C20H18BrF5N2O3. The van der Waals surface area contributed by atoms with Crippen LogP contribution in [0.5, 0.6) is 5.75 Å². The van der Waals surface area contributed by atoms with Crippen molar-refractivity contribution in [3.05, 3.63) is 52.3 Å². The number of halogens is 6. The molecule has 4 unspecified atom stereocenters. The maximum atomic E-state index is 14.3. The highest BCUT2D eigenvalue weighted by atomic mass is 79.9. The lowest BCUT2D eigenvalue weighted by Crippen LogP contribution is -2.47. The lowest BCUT2D eigenvalue weighted by molar-refractivity contribution is -0.272. The van der Waals surface area contributed by atoms with Gasteiger partial charge in [-0.2, -0.15) is 17.6 Å². The number of pyridine rings is 1. The molecule has 5 nitrogen and oxygen atoms in total. The molecular weight excluding hydrogens is 491 g/mol. The van der Waals surface area contributed by atoms with E-state index in [1.54, 1.807) is 0 Å². The van der Waals surface area contributed by atoms with Crippen LogP contribution in [0, 0.1) is 17.6 Å². The highest BCUT2D eigenvalue weighted by Gasteiger charge is 2.65. The molecule has 0 bridgehead atoms. The van der Waals surface area contributed by atoms with Gasteiger partial charge in [0.15, 0.2) is 17.2 Å². The van der Waals surface area contributed by atoms with Crippen molar-refractivity contribution in [2.45, 2.75) is 37.6 Å². The molecule has 0 spiro atoms. The molecule has 1 N–H and O–H groups in total. The van der Waals surface area contributed by atoms with Gasteiger partial charge in [-0.3, -0.25) is 4.79 Å². The minimum Gasteiger partial charge on any atom is -0.493 e. The molecule has 0 radical (unpaired) electrons. The Hall–Kier alpha value is -2.27. The summed E-state index contributed by atoms with van der Waals surface area (Å²) in [5.74, 6) is -6.64. The Labute approximate surface area is 183 Å². The molecule has 11 heteroatoms. The fraction of sp³-hybridized carbons (Fsp3) is 0.400. The quantitative estimate of drug-likeness (QED) is 0.455. The van der Waals surface area contributed by atoms with Crippen molar-refractivity contribution in [3.8, 4) is 5.75 Å². The van der Waals surface area contributed by atoms with E-state index in [0.29, 0.717) is 4.60 Å². The van der Waals surface area contributed by atoms with Crippen molar-refractivity contribution in [2.75, 3.05) is 12.4 Å². The number of methoxy groups -OCH3 is 1. The standard InChI is InChI=1S/C20H18BrF5N2O3/c1-9-14(11-4-5-12(22)15(23)16(11)30-3)17(31-19(9,2)20(24,25)26)18(29)28-10-6-7-27-13(21)8-10/h4-9,14,17H,1-3H3,(H,27,28,29). The number of amides is 1. The fourth-order valence-corrected chi connectivity index (χ4v) is 4.10. The number of alkyl halides is 3. The normalized spacial score (nSPS) is 26.0. The molecule has 1 amide bonds. The van der Waals surface area contributed by atoms with Gasteiger partial charge in [-0.25, -0.2) is 9.37 Å². The Morgan fingerprint density at radius 2 is 1.97 bits per heavy atom. The molecule has 168 valence electrons. The molecule has 1 fully saturated rings. The average Bonchev–Trinajstić information content (AvgIpc) is 2.96. The third kappa shape index (κ3) is 4.12. The fourth-order valence-electron chi connectivity index (χ4n) is 3.73. The second-order valence-corrected chi connectivity index (χ2v) is 8.11. The molecule has 3 rings (SSSR count). The maximum Gasteiger partial charge on any atom is 0.417 e. The largest absolute Gasteiger partial charge is 0.493 e. The summed E-state index contributed by atoms with van der Waals surface area (Å²) in [5.41, 5.74) is -2.55. The van der Waals surface area contributed by atoms with Gasteiger partial charge in [0.1, 0.15) is 10.7 Å². The first-order valence-electron chi connectivity index (χ1n) is 9.09. The van der Waals surface area contributed by atoms with Crippen molar-refractivity contribution >= 4 is 27.5 Å². The van der Waals surface area contributed by atoms with Crippen molar-refractivity contribution in [2.24, 2.45) is 5.92 Å². The Bertz CT molecular complexity index is 1000. The Morgan fingerprint density at radius 3 is 2.55 bits per heavy atom. The lowest BCUT2D eigenvalue weighted by atomic mass is 9.77. The molecule has 4 atom stereocenters. The highest BCUT2D eigenvalue weighted by Crippen LogP contribution is 2.55. The van der Waals surface area contributed by atoms with Gasteiger partial charge in [-0.15, -0.1) is 0 Å². The van der Waals surface area contributed by atoms with Crippen LogP contribution in [0.4, 0.5) is 27.6 Å². The molecule has 1 aromatic heterocycles. The number of aromatic nitrogens is 1. The van der Waals surface area contributed by atoms with E-state index in [-0.39, 0.29) is 11.3 Å². The van der Waals surface area contributed by atoms with Gasteiger partial charge >= 0.3 is 6.18 Å². The van der Waals surface area contributed by atoms with Crippen molar-refractivity contribution < 1.29 is 36.2 Å². The highest BCUT2D eigenvalue weighted by molar-refractivity contribution is 9.10. The number of carbonyl (C=O) groups is 1. The third-order valence-electron chi connectivity index (χ3n) is 5.56. The van der Waals surface area contributed by atoms with Gasteiger partial charge in [0.05, 0.1) is 7.11 Å². The van der Waals surface area contributed by atoms with Gasteiger partial charge in [0.2, 0.25) is 5.82 Å². The monoisotopic (exact) mass is 508 g/mol. The zero-order valence-electron chi connectivity index (χ0n) is 16.6. The molecule has 0 saturated carbocycles. The van der Waals surface area contributed by atoms with E-state index in [4.69, 9.17) is 9.47 Å². The van der Waals surface area contributed by atoms with Gasteiger partial charge in [-0.1, -0.05) is 13.0 Å². The third-order valence-corrected chi connectivity index (χ3v) is 6.00. The van der Waals surface area contributed by atoms with Gasteiger partial charge in [0, 0.05) is 29.3 Å². The zero-order valence-corrected chi connectivity index (χ0v) is 18.1. The van der Waals surface area contributed by atoms with Crippen molar-refractivity contribution in [1.29, 1.82) is 0 Å². The maximum absolute atomic E-state index is 14.3. The number of hydrogen-bond acceptors (Lipinski definition) is 4. The molecule has 2 aromatic rings. The Morgan fingerprint density at radius 1 is 1.29 bits per heavy atom. The first kappa shape index (κ1) is 23.4. The Kier molecular flexibility index (Phi) is 6.30. The number of hydrogen-bond donors (Lipinski definition) is 1. The first-order valence-corrected chi connectivity index (χ1v) is 9.89. The van der Waals surface area contributed by atoms with Crippen LogP contribution < -0.4 is 10.1 Å². The molecule has 1 aliphatic heterocycles. The van der Waals surface area contributed by atoms with E-state index in [1.165, 1.54) is 25.3 Å². The predicted octanol–water partition coefficient (Wildman–Crippen LogP) is 5.21. The number of anilines is 1. The van der Waals surface area contributed by atoms with Crippen molar-refractivity contribution in [3.63, 3.8) is 0 Å². The summed E-state index contributed by atoms with van der Waals surface area (Å²) in [4.78, 5) is 16.9. The SMILES string of the molecule is COc1c(C2C(C(=O)Nc3ccnc(Br)c3)OC(C)(C(F)(F)F)C2C)ccc(F)c1F. The molecule has 0 aliphatic carbocycles. The number of nitrogens with one attached hydrogen (secondary N) is 1. The number of carbonyl (C=O) groups excluding carboxylic acids is 1. The van der Waals surface area contributed by atoms with E-state index in [9.17, 15) is 26.7 Å². The second kappa shape index (κ2) is 8.34. The minimum absolute atomic E-state index is 0.0991. The molecule has 2 heterocycles. The van der Waals surface area contributed by atoms with E-state index in [1.807, 2.05) is 0 Å². The number of ether oxygens (including phenoxy) is 2. The first-order chi connectivity index (χ1) is 14.4. The van der Waals surface area contributed by atoms with E-state index >= 15 is 0 Å². The number of rotatable bonds is 4. The summed E-state index contributed by atoms with van der Waals surface area (Å²) in [5, 5.41) is 2.49. The topological polar surface area (TPSA) is 60.5 Å². The van der Waals surface area contributed by atoms with Crippen LogP contribution in [0.3, 0.4) is 0 Å². The Balaban J connectivity index is 2.09. The summed E-state index contributed by atoms with van der Waals surface area (Å²) in [7, 11) is 1.06. The summed E-state index contributed by atoms with van der Waals surface area (Å²) in [6.45, 7) is 2.07. The molecule has 1 aromatic carbocycles. The van der Waals surface area contributed by atoms with Crippen molar-refractivity contribution in [1.82, 2.24) is 4.98 Å². The van der Waals surface area contributed by atoms with E-state index < -0.39 is 53.0 Å². The van der Waals surface area contributed by atoms with Crippen LogP contribution in [0.25, 0.3) is 0 Å². The lowest BCUT2D eigenvalue weighted by Gasteiger charge is -2.32. The summed E-state index contributed by atoms with van der Waals surface area (Å²) in [6.07, 6.45) is -5.11. The van der Waals surface area contributed by atoms with Gasteiger partial charge < -0.3 is 14.8 Å². The van der Waals surface area contributed by atoms with Crippen LogP contribution in [0.2, 0.25) is 0 Å². The zero-order chi connectivity index (χ0) is 23.1. The average molecular weight is 509 g/mol. The van der Waals surface area contributed by atoms with E-state index in [2.05, 4.69) is 26.2 Å². The van der Waals surface area contributed by atoms with Gasteiger partial charge in [-0.05, 0) is 41.1 Å². The number of nitrogens with zero attached hydrogens (tertiary/aromatic N) is 1. The molecule has 1 aliphatic rings. The van der Waals surface area contributed by atoms with E-state index in [0.717, 1.165) is 26.2 Å². The second-order valence-electron chi connectivity index (χ2n) is 7.30. The number of benzene rings is 1. The summed E-state index contributed by atoms with van der Waals surface area (Å²) in [6, 6.07) is 4.77. The predicted molar refractivity (Wildman–Crippen MR) is 105 cm³/mol. The molecule has 1 saturated heterocycles. The van der Waals surface area contributed by atoms with Crippen LogP contribution in [-0.2, 0) is 9.53 Å². The van der Waals surface area contributed by atoms with Crippen LogP contribution in [-0.4, -0.2) is 35.9 Å². The molecule has 31 heavy (non-hydrogen) atoms. The minimum atomic E-state index is -4.83.